The number of hydrogen-bond acceptors (Lipinski definition) is 1. The summed E-state index contributed by atoms with van der Waals surface area (Å²) in [6.07, 6.45) is 0. The Balaban J connectivity index is 2.39. The van der Waals surface area contributed by atoms with Crippen LogP contribution in [0.3, 0.4) is 0 Å². The smallest absolute Gasteiger partial charge is 0.0636 e. The molecule has 0 spiro atoms. The van der Waals surface area contributed by atoms with Crippen molar-refractivity contribution >= 4 is 17.6 Å². The second-order valence-corrected chi connectivity index (χ2v) is 3.25. The molecule has 2 aromatic carbocycles. The van der Waals surface area contributed by atoms with Crippen molar-refractivity contribution in [1.29, 1.82) is 0 Å². The average molecular weight is 197 g/mol. The molecule has 0 saturated heterocycles. The molecule has 0 aliphatic heterocycles. The summed E-state index contributed by atoms with van der Waals surface area (Å²) in [4.78, 5) is 0. The second-order valence-electron chi connectivity index (χ2n) is 3.05. The Labute approximate surface area is 89.2 Å². The number of benzene rings is 2. The van der Waals surface area contributed by atoms with Crippen LogP contribution in [0, 0.1) is 0 Å². The fourth-order valence-corrected chi connectivity index (χ4v) is 1.50. The van der Waals surface area contributed by atoms with Gasteiger partial charge in [0.15, 0.2) is 0 Å². The fourth-order valence-electron chi connectivity index (χ4n) is 1.36. The SMILES string of the molecule is S=[C]c1ccc(-c2ccccc2)cc1. The number of rotatable bonds is 2. The van der Waals surface area contributed by atoms with E-state index in [2.05, 4.69) is 29.6 Å². The summed E-state index contributed by atoms with van der Waals surface area (Å²) < 4.78 is 0. The Kier molecular flexibility index (Phi) is 2.70. The largest absolute Gasteiger partial charge is 0.0778 e. The minimum atomic E-state index is 0.958. The van der Waals surface area contributed by atoms with Crippen LogP contribution in [-0.4, -0.2) is 5.37 Å². The molecule has 0 atom stereocenters. The summed E-state index contributed by atoms with van der Waals surface area (Å²) in [6, 6.07) is 18.4. The van der Waals surface area contributed by atoms with Crippen molar-refractivity contribution in [2.75, 3.05) is 0 Å². The van der Waals surface area contributed by atoms with Gasteiger partial charge in [0.2, 0.25) is 0 Å². The van der Waals surface area contributed by atoms with Crippen LogP contribution in [0.25, 0.3) is 11.1 Å². The van der Waals surface area contributed by atoms with E-state index in [-0.39, 0.29) is 0 Å². The van der Waals surface area contributed by atoms with Crippen molar-refractivity contribution in [3.63, 3.8) is 0 Å². The summed E-state index contributed by atoms with van der Waals surface area (Å²) in [7, 11) is 0. The van der Waals surface area contributed by atoms with Gasteiger partial charge in [-0.15, -0.1) is 0 Å². The molecule has 0 aromatic heterocycles. The molecule has 14 heavy (non-hydrogen) atoms. The van der Waals surface area contributed by atoms with Gasteiger partial charge >= 0.3 is 0 Å². The summed E-state index contributed by atoms with van der Waals surface area (Å²) in [5, 5.41) is 2.69. The molecule has 0 nitrogen and oxygen atoms in total. The molecule has 67 valence electrons. The highest BCUT2D eigenvalue weighted by Crippen LogP contribution is 2.18. The third-order valence-electron chi connectivity index (χ3n) is 2.11. The highest BCUT2D eigenvalue weighted by molar-refractivity contribution is 7.79. The van der Waals surface area contributed by atoms with E-state index < -0.39 is 0 Å². The lowest BCUT2D eigenvalue weighted by molar-refractivity contribution is 1.61. The van der Waals surface area contributed by atoms with Gasteiger partial charge in [-0.25, -0.2) is 0 Å². The zero-order valence-corrected chi connectivity index (χ0v) is 8.42. The predicted octanol–water partition coefficient (Wildman–Crippen LogP) is 3.58. The van der Waals surface area contributed by atoms with Crippen molar-refractivity contribution in [3.8, 4) is 11.1 Å². The Bertz CT molecular complexity index is 415. The second kappa shape index (κ2) is 4.16. The van der Waals surface area contributed by atoms with Gasteiger partial charge in [0, 0.05) is 0 Å². The van der Waals surface area contributed by atoms with Crippen LogP contribution in [-0.2, 0) is 0 Å². The first-order valence-corrected chi connectivity index (χ1v) is 4.84. The van der Waals surface area contributed by atoms with Crippen molar-refractivity contribution < 1.29 is 0 Å². The van der Waals surface area contributed by atoms with Crippen LogP contribution in [0.5, 0.6) is 0 Å². The third-order valence-corrected chi connectivity index (χ3v) is 2.35. The van der Waals surface area contributed by atoms with Crippen LogP contribution >= 0.6 is 12.2 Å². The lowest BCUT2D eigenvalue weighted by atomic mass is 10.0. The molecule has 0 heterocycles. The molecule has 0 aliphatic rings. The maximum atomic E-state index is 4.73. The van der Waals surface area contributed by atoms with E-state index in [1.54, 1.807) is 0 Å². The Morgan fingerprint density at radius 2 is 1.29 bits per heavy atom. The Morgan fingerprint density at radius 1 is 0.714 bits per heavy atom. The molecule has 0 fully saturated rings. The van der Waals surface area contributed by atoms with Gasteiger partial charge in [-0.05, 0) is 16.7 Å². The first-order valence-electron chi connectivity index (χ1n) is 4.44. The van der Waals surface area contributed by atoms with Gasteiger partial charge < -0.3 is 0 Å². The number of hydrogen-bond donors (Lipinski definition) is 0. The molecule has 2 rings (SSSR count). The summed E-state index contributed by atoms with van der Waals surface area (Å²) in [5.74, 6) is 0. The maximum absolute atomic E-state index is 4.73. The van der Waals surface area contributed by atoms with Crippen molar-refractivity contribution in [1.82, 2.24) is 0 Å². The standard InChI is InChI=1S/C13H9S/c14-10-11-6-8-13(9-7-11)12-4-2-1-3-5-12/h1-9H. The van der Waals surface area contributed by atoms with E-state index in [0.29, 0.717) is 0 Å². The zero-order chi connectivity index (χ0) is 9.80. The maximum Gasteiger partial charge on any atom is 0.0636 e. The normalized spacial score (nSPS) is 9.71. The third kappa shape index (κ3) is 1.88. The summed E-state index contributed by atoms with van der Waals surface area (Å²) >= 11 is 4.73. The summed E-state index contributed by atoms with van der Waals surface area (Å²) in [6.45, 7) is 0. The van der Waals surface area contributed by atoms with E-state index in [0.717, 1.165) is 5.56 Å². The molecule has 0 aliphatic carbocycles. The Morgan fingerprint density at radius 3 is 1.86 bits per heavy atom. The van der Waals surface area contributed by atoms with Gasteiger partial charge in [0.1, 0.15) is 0 Å². The average Bonchev–Trinajstić information content (AvgIpc) is 2.30. The first kappa shape index (κ1) is 9.10. The van der Waals surface area contributed by atoms with Crippen molar-refractivity contribution in [2.45, 2.75) is 0 Å². The van der Waals surface area contributed by atoms with Crippen LogP contribution < -0.4 is 0 Å². The van der Waals surface area contributed by atoms with Gasteiger partial charge in [0.05, 0.1) is 5.37 Å². The van der Waals surface area contributed by atoms with Crippen LogP contribution in [0.2, 0.25) is 0 Å². The van der Waals surface area contributed by atoms with Crippen LogP contribution in [0.1, 0.15) is 5.56 Å². The Hall–Kier alpha value is -1.47. The number of thiocarbonyl (C=S) groups is 1. The highest BCUT2D eigenvalue weighted by atomic mass is 32.1. The zero-order valence-electron chi connectivity index (χ0n) is 7.60. The predicted molar refractivity (Wildman–Crippen MR) is 63.6 cm³/mol. The van der Waals surface area contributed by atoms with Crippen LogP contribution in [0.15, 0.2) is 54.6 Å². The van der Waals surface area contributed by atoms with Gasteiger partial charge in [-0.2, -0.15) is 0 Å². The fraction of sp³-hybridized carbons (Fsp3) is 0. The van der Waals surface area contributed by atoms with Gasteiger partial charge in [0.25, 0.3) is 0 Å². The highest BCUT2D eigenvalue weighted by Gasteiger charge is 1.95. The van der Waals surface area contributed by atoms with E-state index in [1.807, 2.05) is 30.3 Å². The van der Waals surface area contributed by atoms with Crippen molar-refractivity contribution in [3.05, 3.63) is 60.2 Å². The molecule has 0 amide bonds. The van der Waals surface area contributed by atoms with E-state index >= 15 is 0 Å². The monoisotopic (exact) mass is 197 g/mol. The molecule has 0 saturated carbocycles. The topological polar surface area (TPSA) is 0 Å². The van der Waals surface area contributed by atoms with E-state index in [1.165, 1.54) is 11.1 Å². The molecule has 1 radical (unpaired) electrons. The molecule has 0 N–H and O–H groups in total. The van der Waals surface area contributed by atoms with Gasteiger partial charge in [-0.3, -0.25) is 0 Å². The molecule has 2 aromatic rings. The van der Waals surface area contributed by atoms with E-state index in [4.69, 9.17) is 12.2 Å². The lowest BCUT2D eigenvalue weighted by Crippen LogP contribution is -1.79. The molecule has 1 heteroatoms. The molecule has 0 bridgehead atoms. The minimum Gasteiger partial charge on any atom is -0.0778 e. The molecule has 0 unspecified atom stereocenters. The quantitative estimate of drug-likeness (QED) is 0.663. The summed E-state index contributed by atoms with van der Waals surface area (Å²) in [5.41, 5.74) is 3.39. The molecular weight excluding hydrogens is 188 g/mol. The lowest BCUT2D eigenvalue weighted by Gasteiger charge is -2.00. The minimum absolute atomic E-state index is 0.958. The molecular formula is C13H9S. The van der Waals surface area contributed by atoms with E-state index in [9.17, 15) is 0 Å². The first-order chi connectivity index (χ1) is 6.90. The van der Waals surface area contributed by atoms with Crippen molar-refractivity contribution in [2.24, 2.45) is 0 Å². The van der Waals surface area contributed by atoms with Crippen LogP contribution in [0.4, 0.5) is 0 Å². The van der Waals surface area contributed by atoms with Gasteiger partial charge in [-0.1, -0.05) is 66.8 Å².